The number of imidazole rings is 1. The molecule has 1 aliphatic heterocycles. The number of ether oxygens (including phenoxy) is 2. The van der Waals surface area contributed by atoms with Crippen molar-refractivity contribution < 1.29 is 14.3 Å². The van der Waals surface area contributed by atoms with Gasteiger partial charge < -0.3 is 14.4 Å². The average Bonchev–Trinajstić information content (AvgIpc) is 3.10. The Labute approximate surface area is 194 Å². The normalized spacial score (nSPS) is 16.9. The zero-order chi connectivity index (χ0) is 22.7. The van der Waals surface area contributed by atoms with Crippen molar-refractivity contribution in [3.05, 3.63) is 59.1 Å². The molecule has 2 heterocycles. The van der Waals surface area contributed by atoms with Gasteiger partial charge in [-0.3, -0.25) is 4.57 Å². The number of amides is 1. The third-order valence-electron chi connectivity index (χ3n) is 5.53. The van der Waals surface area contributed by atoms with Gasteiger partial charge in [0.25, 0.3) is 6.01 Å². The lowest BCUT2D eigenvalue weighted by Crippen LogP contribution is -2.48. The van der Waals surface area contributed by atoms with Gasteiger partial charge in [0.1, 0.15) is 12.2 Å². The second kappa shape index (κ2) is 9.41. The van der Waals surface area contributed by atoms with Crippen LogP contribution in [0.4, 0.5) is 4.79 Å². The molecule has 1 aromatic heterocycles. The van der Waals surface area contributed by atoms with Crippen LogP contribution >= 0.6 is 11.6 Å². The van der Waals surface area contributed by atoms with Crippen molar-refractivity contribution in [2.45, 2.75) is 58.2 Å². The van der Waals surface area contributed by atoms with E-state index in [9.17, 15) is 4.79 Å². The Morgan fingerprint density at radius 1 is 1.12 bits per heavy atom. The third kappa shape index (κ3) is 5.36. The Kier molecular flexibility index (Phi) is 6.60. The summed E-state index contributed by atoms with van der Waals surface area (Å²) < 4.78 is 13.9. The molecule has 1 saturated heterocycles. The molecule has 1 amide bonds. The number of hydrogen-bond donors (Lipinski definition) is 0. The molecule has 32 heavy (non-hydrogen) atoms. The summed E-state index contributed by atoms with van der Waals surface area (Å²) in [7, 11) is 0. The molecular formula is C25H30ClN3O3. The number of halogens is 1. The Bertz CT molecular complexity index is 1070. The van der Waals surface area contributed by atoms with Gasteiger partial charge in [-0.25, -0.2) is 4.79 Å². The molecule has 1 aliphatic rings. The first kappa shape index (κ1) is 22.5. The Morgan fingerprint density at radius 3 is 2.62 bits per heavy atom. The maximum Gasteiger partial charge on any atom is 0.410 e. The number of nitrogens with zero attached hydrogens (tertiary/aromatic N) is 3. The number of benzene rings is 2. The van der Waals surface area contributed by atoms with Crippen LogP contribution in [-0.2, 0) is 11.3 Å². The van der Waals surface area contributed by atoms with Crippen LogP contribution in [0.2, 0.25) is 5.02 Å². The van der Waals surface area contributed by atoms with Crippen LogP contribution in [0.5, 0.6) is 6.01 Å². The van der Waals surface area contributed by atoms with Crippen LogP contribution in [0, 0.1) is 0 Å². The molecule has 0 aliphatic carbocycles. The first-order chi connectivity index (χ1) is 15.3. The minimum absolute atomic E-state index is 0.0394. The van der Waals surface area contributed by atoms with Crippen LogP contribution in [0.1, 0.15) is 45.6 Å². The molecule has 4 rings (SSSR count). The molecule has 7 heteroatoms. The van der Waals surface area contributed by atoms with E-state index in [1.807, 2.05) is 69.3 Å². The van der Waals surface area contributed by atoms with Gasteiger partial charge in [0.05, 0.1) is 23.6 Å². The van der Waals surface area contributed by atoms with E-state index in [2.05, 4.69) is 4.57 Å². The van der Waals surface area contributed by atoms with Gasteiger partial charge in [-0.1, -0.05) is 35.9 Å². The summed E-state index contributed by atoms with van der Waals surface area (Å²) >= 11 is 6.05. The number of para-hydroxylation sites is 2. The number of carbonyl (C=O) groups is 1. The first-order valence-electron chi connectivity index (χ1n) is 11.1. The lowest BCUT2D eigenvalue weighted by Gasteiger charge is -2.36. The minimum atomic E-state index is -0.521. The number of carbonyl (C=O) groups excluding carboxylic acids is 1. The van der Waals surface area contributed by atoms with Crippen LogP contribution in [0.3, 0.4) is 0 Å². The van der Waals surface area contributed by atoms with Crippen LogP contribution < -0.4 is 4.74 Å². The molecule has 1 fully saturated rings. The molecule has 1 atom stereocenters. The summed E-state index contributed by atoms with van der Waals surface area (Å²) in [6.45, 7) is 7.35. The highest BCUT2D eigenvalue weighted by atomic mass is 35.5. The van der Waals surface area contributed by atoms with E-state index < -0.39 is 5.60 Å². The fourth-order valence-electron chi connectivity index (χ4n) is 3.99. The number of piperidine rings is 1. The minimum Gasteiger partial charge on any atom is -0.462 e. The van der Waals surface area contributed by atoms with Gasteiger partial charge in [-0.2, -0.15) is 4.98 Å². The summed E-state index contributed by atoms with van der Waals surface area (Å²) in [6.07, 6.45) is 2.65. The largest absolute Gasteiger partial charge is 0.462 e. The third-order valence-corrected chi connectivity index (χ3v) is 5.79. The summed E-state index contributed by atoms with van der Waals surface area (Å²) in [4.78, 5) is 19.3. The summed E-state index contributed by atoms with van der Waals surface area (Å²) in [5.41, 5.74) is 2.47. The molecule has 0 spiro atoms. The SMILES string of the molecule is CC(C)(C)OC(=O)N1CCCC[C@H]1COc1nc2ccccc2n1Cc1ccc(Cl)cc1. The molecular weight excluding hydrogens is 426 g/mol. The van der Waals surface area contributed by atoms with Crippen LogP contribution in [0.15, 0.2) is 48.5 Å². The zero-order valence-electron chi connectivity index (χ0n) is 18.9. The second-order valence-corrected chi connectivity index (χ2v) is 9.67. The molecule has 170 valence electrons. The molecule has 0 saturated carbocycles. The highest BCUT2D eigenvalue weighted by Gasteiger charge is 2.31. The fourth-order valence-corrected chi connectivity index (χ4v) is 4.12. The quantitative estimate of drug-likeness (QED) is 0.480. The van der Waals surface area contributed by atoms with E-state index >= 15 is 0 Å². The standard InChI is InChI=1S/C25H30ClN3O3/c1-25(2,3)32-24(30)28-15-7-6-8-20(28)17-31-23-27-21-9-4-5-10-22(21)29(23)16-18-11-13-19(26)14-12-18/h4-5,9-14,20H,6-8,15-17H2,1-3H3/t20-/m0/s1. The number of rotatable bonds is 5. The van der Waals surface area contributed by atoms with Gasteiger partial charge in [0.2, 0.25) is 0 Å². The van der Waals surface area contributed by atoms with Gasteiger partial charge >= 0.3 is 6.09 Å². The van der Waals surface area contributed by atoms with E-state index in [1.165, 1.54) is 0 Å². The van der Waals surface area contributed by atoms with E-state index in [0.717, 1.165) is 35.9 Å². The van der Waals surface area contributed by atoms with Crippen molar-refractivity contribution in [2.24, 2.45) is 0 Å². The monoisotopic (exact) mass is 455 g/mol. The Hall–Kier alpha value is -2.73. The van der Waals surface area contributed by atoms with Crippen molar-refractivity contribution in [3.8, 4) is 6.01 Å². The molecule has 2 aromatic carbocycles. The molecule has 0 bridgehead atoms. The zero-order valence-corrected chi connectivity index (χ0v) is 19.6. The van der Waals surface area contributed by atoms with Crippen molar-refractivity contribution >= 4 is 28.7 Å². The van der Waals surface area contributed by atoms with E-state index in [1.54, 1.807) is 4.90 Å². The predicted octanol–water partition coefficient (Wildman–Crippen LogP) is 5.91. The topological polar surface area (TPSA) is 56.6 Å². The highest BCUT2D eigenvalue weighted by Crippen LogP contribution is 2.26. The smallest absolute Gasteiger partial charge is 0.410 e. The summed E-state index contributed by atoms with van der Waals surface area (Å²) in [5.74, 6) is 0. The van der Waals surface area contributed by atoms with Gasteiger partial charge in [0, 0.05) is 11.6 Å². The van der Waals surface area contributed by atoms with E-state index in [0.29, 0.717) is 30.7 Å². The van der Waals surface area contributed by atoms with Crippen molar-refractivity contribution in [3.63, 3.8) is 0 Å². The lowest BCUT2D eigenvalue weighted by molar-refractivity contribution is 0.00290. The number of hydrogen-bond acceptors (Lipinski definition) is 4. The van der Waals surface area contributed by atoms with Crippen molar-refractivity contribution in [1.82, 2.24) is 14.5 Å². The number of likely N-dealkylation sites (tertiary alicyclic amines) is 1. The van der Waals surface area contributed by atoms with Gasteiger partial charge in [0.15, 0.2) is 0 Å². The van der Waals surface area contributed by atoms with E-state index in [-0.39, 0.29) is 12.1 Å². The maximum absolute atomic E-state index is 12.7. The maximum atomic E-state index is 12.7. The predicted molar refractivity (Wildman–Crippen MR) is 126 cm³/mol. The van der Waals surface area contributed by atoms with E-state index in [4.69, 9.17) is 26.1 Å². The summed E-state index contributed by atoms with van der Waals surface area (Å²) in [5, 5.41) is 0.709. The number of fused-ring (bicyclic) bond motifs is 1. The van der Waals surface area contributed by atoms with Gasteiger partial charge in [-0.05, 0) is 69.9 Å². The Balaban J connectivity index is 1.54. The van der Waals surface area contributed by atoms with Crippen molar-refractivity contribution in [2.75, 3.05) is 13.2 Å². The fraction of sp³-hybridized carbons (Fsp3) is 0.440. The van der Waals surface area contributed by atoms with Gasteiger partial charge in [-0.15, -0.1) is 0 Å². The average molecular weight is 456 g/mol. The Morgan fingerprint density at radius 2 is 1.88 bits per heavy atom. The summed E-state index contributed by atoms with van der Waals surface area (Å²) in [6, 6.07) is 16.3. The van der Waals surface area contributed by atoms with Crippen molar-refractivity contribution in [1.29, 1.82) is 0 Å². The highest BCUT2D eigenvalue weighted by molar-refractivity contribution is 6.30. The lowest BCUT2D eigenvalue weighted by atomic mass is 10.0. The molecule has 3 aromatic rings. The van der Waals surface area contributed by atoms with Crippen LogP contribution in [-0.4, -0.2) is 45.3 Å². The molecule has 0 unspecified atom stereocenters. The second-order valence-electron chi connectivity index (χ2n) is 9.23. The first-order valence-corrected chi connectivity index (χ1v) is 11.5. The molecule has 0 N–H and O–H groups in total. The molecule has 0 radical (unpaired) electrons. The van der Waals surface area contributed by atoms with Crippen LogP contribution in [0.25, 0.3) is 11.0 Å². The molecule has 6 nitrogen and oxygen atoms in total. The number of aromatic nitrogens is 2.